The summed E-state index contributed by atoms with van der Waals surface area (Å²) in [5.74, 6) is 0. The second kappa shape index (κ2) is 4.76. The normalized spacial score (nSPS) is 42.8. The number of aliphatic hydroxyl groups is 1. The lowest BCUT2D eigenvalue weighted by Crippen LogP contribution is -2.15. The molecule has 2 heteroatoms. The van der Waals surface area contributed by atoms with E-state index in [2.05, 4.69) is 24.3 Å². The number of hydrogen-bond donors (Lipinski definition) is 1. The molecule has 0 amide bonds. The summed E-state index contributed by atoms with van der Waals surface area (Å²) in [6, 6.07) is 0. The lowest BCUT2D eigenvalue weighted by atomic mass is 10.1. The topological polar surface area (TPSA) is 32.8 Å². The van der Waals surface area contributed by atoms with Gasteiger partial charge in [0, 0.05) is 0 Å². The minimum absolute atomic E-state index is 0.104. The van der Waals surface area contributed by atoms with E-state index in [1.165, 1.54) is 0 Å². The summed E-state index contributed by atoms with van der Waals surface area (Å²) in [4.78, 5) is 0. The summed E-state index contributed by atoms with van der Waals surface area (Å²) in [6.45, 7) is 0. The van der Waals surface area contributed by atoms with Gasteiger partial charge in [-0.2, -0.15) is 0 Å². The van der Waals surface area contributed by atoms with Crippen molar-refractivity contribution in [1.29, 1.82) is 0 Å². The Hall–Kier alpha value is -0.600. The average Bonchev–Trinajstić information content (AvgIpc) is 2.92. The third-order valence-corrected chi connectivity index (χ3v) is 2.83. The molecule has 1 heterocycles. The molecule has 14 heavy (non-hydrogen) atoms. The van der Waals surface area contributed by atoms with Crippen LogP contribution in [0.3, 0.4) is 0 Å². The Bertz CT molecular complexity index is 232. The van der Waals surface area contributed by atoms with E-state index in [9.17, 15) is 5.11 Å². The van der Waals surface area contributed by atoms with Crippen LogP contribution in [-0.2, 0) is 4.74 Å². The summed E-state index contributed by atoms with van der Waals surface area (Å²) in [5.41, 5.74) is 0. The molecule has 0 unspecified atom stereocenters. The van der Waals surface area contributed by atoms with Crippen molar-refractivity contribution in [3.8, 4) is 0 Å². The van der Waals surface area contributed by atoms with Crippen LogP contribution in [0.1, 0.15) is 32.1 Å². The number of ether oxygens (including phenoxy) is 1. The van der Waals surface area contributed by atoms with Gasteiger partial charge < -0.3 is 9.84 Å². The smallest absolute Gasteiger partial charge is 0.110 e. The molecule has 0 spiro atoms. The van der Waals surface area contributed by atoms with Gasteiger partial charge in [0.05, 0.1) is 12.2 Å². The molecule has 1 saturated heterocycles. The number of fused-ring (bicyclic) bond motifs is 1. The van der Waals surface area contributed by atoms with Gasteiger partial charge in [-0.1, -0.05) is 24.3 Å². The zero-order valence-electron chi connectivity index (χ0n) is 8.43. The molecule has 1 N–H and O–H groups in total. The first-order valence-electron chi connectivity index (χ1n) is 5.51. The lowest BCUT2D eigenvalue weighted by Gasteiger charge is -2.03. The van der Waals surface area contributed by atoms with Crippen LogP contribution in [0.15, 0.2) is 24.3 Å². The fourth-order valence-electron chi connectivity index (χ4n) is 1.90. The Balaban J connectivity index is 1.87. The monoisotopic (exact) mass is 194 g/mol. The van der Waals surface area contributed by atoms with Crippen LogP contribution in [0.25, 0.3) is 0 Å². The summed E-state index contributed by atoms with van der Waals surface area (Å²) >= 11 is 0. The third-order valence-electron chi connectivity index (χ3n) is 2.83. The van der Waals surface area contributed by atoms with E-state index in [0.717, 1.165) is 32.1 Å². The van der Waals surface area contributed by atoms with Crippen molar-refractivity contribution in [1.82, 2.24) is 0 Å². The van der Waals surface area contributed by atoms with Crippen LogP contribution < -0.4 is 0 Å². The molecule has 2 rings (SSSR count). The van der Waals surface area contributed by atoms with Crippen molar-refractivity contribution in [2.75, 3.05) is 0 Å². The first-order chi connectivity index (χ1) is 6.88. The maximum atomic E-state index is 9.71. The molecular weight excluding hydrogens is 176 g/mol. The molecule has 78 valence electrons. The van der Waals surface area contributed by atoms with Crippen molar-refractivity contribution in [2.45, 2.75) is 50.4 Å². The maximum absolute atomic E-state index is 9.71. The Morgan fingerprint density at radius 3 is 2.57 bits per heavy atom. The Labute approximate surface area is 85.3 Å². The summed E-state index contributed by atoms with van der Waals surface area (Å²) < 4.78 is 5.43. The summed E-state index contributed by atoms with van der Waals surface area (Å²) in [6.07, 6.45) is 13.9. The zero-order chi connectivity index (χ0) is 9.80. The molecule has 0 aromatic heterocycles. The van der Waals surface area contributed by atoms with E-state index in [-0.39, 0.29) is 12.2 Å². The third kappa shape index (κ3) is 2.69. The van der Waals surface area contributed by atoms with Crippen LogP contribution in [0.5, 0.6) is 0 Å². The lowest BCUT2D eigenvalue weighted by molar-refractivity contribution is 0.138. The van der Waals surface area contributed by atoms with Gasteiger partial charge in [-0.3, -0.25) is 0 Å². The predicted molar refractivity (Wildman–Crippen MR) is 56.0 cm³/mol. The van der Waals surface area contributed by atoms with E-state index in [1.807, 2.05) is 0 Å². The van der Waals surface area contributed by atoms with Gasteiger partial charge in [-0.05, 0) is 32.1 Å². The quantitative estimate of drug-likeness (QED) is 0.473. The average molecular weight is 194 g/mol. The number of allylic oxidation sites excluding steroid dienone is 3. The van der Waals surface area contributed by atoms with E-state index >= 15 is 0 Å². The van der Waals surface area contributed by atoms with E-state index in [0.29, 0.717) is 6.10 Å². The number of aliphatic hydroxyl groups excluding tert-OH is 1. The van der Waals surface area contributed by atoms with E-state index < -0.39 is 0 Å². The molecule has 0 radical (unpaired) electrons. The zero-order valence-corrected chi connectivity index (χ0v) is 8.43. The molecule has 3 atom stereocenters. The largest absolute Gasteiger partial charge is 0.390 e. The highest BCUT2D eigenvalue weighted by Crippen LogP contribution is 2.31. The first kappa shape index (κ1) is 9.94. The van der Waals surface area contributed by atoms with E-state index in [1.54, 1.807) is 0 Å². The highest BCUT2D eigenvalue weighted by molar-refractivity contribution is 4.98. The number of hydrogen-bond acceptors (Lipinski definition) is 2. The molecule has 2 aliphatic rings. The van der Waals surface area contributed by atoms with Crippen molar-refractivity contribution in [3.05, 3.63) is 24.3 Å². The number of rotatable bonds is 0. The van der Waals surface area contributed by atoms with Gasteiger partial charge in [0.15, 0.2) is 0 Å². The summed E-state index contributed by atoms with van der Waals surface area (Å²) in [7, 11) is 0. The van der Waals surface area contributed by atoms with Gasteiger partial charge in [0.25, 0.3) is 0 Å². The molecule has 0 bridgehead atoms. The highest BCUT2D eigenvalue weighted by Gasteiger charge is 2.42. The maximum Gasteiger partial charge on any atom is 0.110 e. The van der Waals surface area contributed by atoms with Crippen LogP contribution >= 0.6 is 0 Å². The standard InChI is InChI=1S/C12H18O2/c13-10-8-6-4-2-1-3-5-7-9-11-12(10)14-11/h3-6,10-13H,1-2,7-9H2/b5-3-,6-4+/t10-,11+,12-/m0/s1. The fourth-order valence-corrected chi connectivity index (χ4v) is 1.90. The second-order valence-corrected chi connectivity index (χ2v) is 4.04. The van der Waals surface area contributed by atoms with Gasteiger partial charge >= 0.3 is 0 Å². The van der Waals surface area contributed by atoms with Crippen molar-refractivity contribution in [2.24, 2.45) is 0 Å². The molecule has 0 aromatic carbocycles. The molecule has 0 saturated carbocycles. The van der Waals surface area contributed by atoms with Crippen LogP contribution in [0.4, 0.5) is 0 Å². The Morgan fingerprint density at radius 2 is 1.71 bits per heavy atom. The van der Waals surface area contributed by atoms with Gasteiger partial charge in [-0.15, -0.1) is 0 Å². The first-order valence-corrected chi connectivity index (χ1v) is 5.51. The highest BCUT2D eigenvalue weighted by atomic mass is 16.6. The van der Waals surface area contributed by atoms with Crippen LogP contribution in [-0.4, -0.2) is 23.4 Å². The second-order valence-electron chi connectivity index (χ2n) is 4.04. The molecule has 1 fully saturated rings. The van der Waals surface area contributed by atoms with Crippen LogP contribution in [0, 0.1) is 0 Å². The summed E-state index contributed by atoms with van der Waals surface area (Å²) in [5, 5.41) is 9.71. The van der Waals surface area contributed by atoms with E-state index in [4.69, 9.17) is 4.74 Å². The molecule has 1 aliphatic heterocycles. The molecule has 1 aliphatic carbocycles. The molecule has 2 nitrogen and oxygen atoms in total. The minimum atomic E-state index is -0.292. The van der Waals surface area contributed by atoms with Crippen molar-refractivity contribution < 1.29 is 9.84 Å². The number of epoxide rings is 1. The van der Waals surface area contributed by atoms with Gasteiger partial charge in [-0.25, -0.2) is 0 Å². The van der Waals surface area contributed by atoms with Gasteiger partial charge in [0.2, 0.25) is 0 Å². The van der Waals surface area contributed by atoms with Crippen LogP contribution in [0.2, 0.25) is 0 Å². The van der Waals surface area contributed by atoms with Crippen molar-refractivity contribution >= 4 is 0 Å². The fraction of sp³-hybridized carbons (Fsp3) is 0.667. The predicted octanol–water partition coefficient (Wildman–Crippen LogP) is 2.19. The van der Waals surface area contributed by atoms with Gasteiger partial charge in [0.1, 0.15) is 6.10 Å². The SMILES string of the molecule is O[C@H]1C/C=C/CC/C=C\CC[C@H]2O[C@@H]12. The van der Waals surface area contributed by atoms with Crippen molar-refractivity contribution in [3.63, 3.8) is 0 Å². The molecule has 0 aromatic rings. The Kier molecular flexibility index (Phi) is 3.38. The Morgan fingerprint density at radius 1 is 1.00 bits per heavy atom. The minimum Gasteiger partial charge on any atom is -0.390 e. The molecular formula is C12H18O2.